The van der Waals surface area contributed by atoms with Crippen molar-refractivity contribution in [1.29, 1.82) is 0 Å². The second kappa shape index (κ2) is 7.39. The standard InChI is InChI=1S/C22H23NO2/c1-3-4-9-16-15(2)14-21(18-11-6-5-10-17(16)18)23-20-13-8-7-12-19(20)22(24)25/h5-8,10-14,23H,3-4,9H2,1-2H3,(H,24,25). The maximum absolute atomic E-state index is 11.5. The van der Waals surface area contributed by atoms with Crippen molar-refractivity contribution in [3.05, 3.63) is 71.3 Å². The molecule has 0 saturated heterocycles. The summed E-state index contributed by atoms with van der Waals surface area (Å²) < 4.78 is 0. The molecule has 2 N–H and O–H groups in total. The molecule has 0 saturated carbocycles. The minimum absolute atomic E-state index is 0.277. The molecule has 25 heavy (non-hydrogen) atoms. The summed E-state index contributed by atoms with van der Waals surface area (Å²) in [5, 5.41) is 15.1. The van der Waals surface area contributed by atoms with Crippen molar-refractivity contribution in [2.45, 2.75) is 33.1 Å². The topological polar surface area (TPSA) is 49.3 Å². The highest BCUT2D eigenvalue weighted by Crippen LogP contribution is 2.33. The molecule has 3 heteroatoms. The van der Waals surface area contributed by atoms with Crippen LogP contribution in [-0.4, -0.2) is 11.1 Å². The number of aromatic carboxylic acids is 1. The predicted octanol–water partition coefficient (Wildman–Crippen LogP) is 5.93. The van der Waals surface area contributed by atoms with Gasteiger partial charge in [-0.05, 0) is 54.5 Å². The first kappa shape index (κ1) is 17.0. The Morgan fingerprint density at radius 3 is 2.40 bits per heavy atom. The van der Waals surface area contributed by atoms with Gasteiger partial charge in [0.05, 0.1) is 11.3 Å². The zero-order valence-electron chi connectivity index (χ0n) is 14.7. The molecule has 0 fully saturated rings. The normalized spacial score (nSPS) is 10.8. The minimum atomic E-state index is -0.927. The second-order valence-electron chi connectivity index (χ2n) is 6.34. The first-order valence-electron chi connectivity index (χ1n) is 8.72. The molecule has 0 aliphatic rings. The Kier molecular flexibility index (Phi) is 5.03. The van der Waals surface area contributed by atoms with E-state index in [0.29, 0.717) is 5.69 Å². The molecule has 3 rings (SSSR count). The van der Waals surface area contributed by atoms with Gasteiger partial charge in [-0.3, -0.25) is 0 Å². The zero-order chi connectivity index (χ0) is 17.8. The van der Waals surface area contributed by atoms with Gasteiger partial charge in [-0.15, -0.1) is 0 Å². The van der Waals surface area contributed by atoms with E-state index in [1.807, 2.05) is 12.1 Å². The Morgan fingerprint density at radius 1 is 1.00 bits per heavy atom. The lowest BCUT2D eigenvalue weighted by Crippen LogP contribution is -2.03. The van der Waals surface area contributed by atoms with Gasteiger partial charge in [-0.2, -0.15) is 0 Å². The second-order valence-corrected chi connectivity index (χ2v) is 6.34. The van der Waals surface area contributed by atoms with Crippen LogP contribution in [0.25, 0.3) is 10.8 Å². The van der Waals surface area contributed by atoms with Crippen LogP contribution in [0.1, 0.15) is 41.3 Å². The van der Waals surface area contributed by atoms with E-state index in [9.17, 15) is 9.90 Å². The number of fused-ring (bicyclic) bond motifs is 1. The number of para-hydroxylation sites is 1. The van der Waals surface area contributed by atoms with E-state index in [2.05, 4.69) is 43.4 Å². The number of unbranched alkanes of at least 4 members (excludes halogenated alkanes) is 1. The number of rotatable bonds is 6. The van der Waals surface area contributed by atoms with Gasteiger partial charge >= 0.3 is 5.97 Å². The Bertz CT molecular complexity index is 915. The summed E-state index contributed by atoms with van der Waals surface area (Å²) in [4.78, 5) is 11.5. The number of benzene rings is 3. The quantitative estimate of drug-likeness (QED) is 0.587. The van der Waals surface area contributed by atoms with Crippen LogP contribution in [0.15, 0.2) is 54.6 Å². The van der Waals surface area contributed by atoms with Crippen molar-refractivity contribution in [2.75, 3.05) is 5.32 Å². The molecule has 0 aliphatic heterocycles. The van der Waals surface area contributed by atoms with Crippen LogP contribution in [0.5, 0.6) is 0 Å². The van der Waals surface area contributed by atoms with Crippen LogP contribution >= 0.6 is 0 Å². The van der Waals surface area contributed by atoms with Crippen LogP contribution in [0.3, 0.4) is 0 Å². The van der Waals surface area contributed by atoms with Crippen molar-refractivity contribution < 1.29 is 9.90 Å². The third kappa shape index (κ3) is 3.50. The van der Waals surface area contributed by atoms with Gasteiger partial charge in [0.25, 0.3) is 0 Å². The lowest BCUT2D eigenvalue weighted by atomic mass is 9.94. The van der Waals surface area contributed by atoms with E-state index in [0.717, 1.165) is 17.5 Å². The molecule has 0 aromatic heterocycles. The van der Waals surface area contributed by atoms with Crippen LogP contribution in [0.4, 0.5) is 11.4 Å². The van der Waals surface area contributed by atoms with Crippen molar-refractivity contribution in [1.82, 2.24) is 0 Å². The molecule has 3 nitrogen and oxygen atoms in total. The third-order valence-corrected chi connectivity index (χ3v) is 4.59. The molecule has 3 aromatic carbocycles. The molecule has 0 amide bonds. The van der Waals surface area contributed by atoms with Gasteiger partial charge in [0.15, 0.2) is 0 Å². The number of aryl methyl sites for hydroxylation is 2. The van der Waals surface area contributed by atoms with Gasteiger partial charge in [-0.25, -0.2) is 4.79 Å². The molecule has 3 aromatic rings. The Hall–Kier alpha value is -2.81. The van der Waals surface area contributed by atoms with Gasteiger partial charge in [-0.1, -0.05) is 49.7 Å². The molecule has 0 heterocycles. The average molecular weight is 333 g/mol. The molecule has 0 atom stereocenters. The summed E-state index contributed by atoms with van der Waals surface area (Å²) in [7, 11) is 0. The highest BCUT2D eigenvalue weighted by molar-refractivity contribution is 6.01. The summed E-state index contributed by atoms with van der Waals surface area (Å²) in [5.74, 6) is -0.927. The van der Waals surface area contributed by atoms with Crippen LogP contribution in [0, 0.1) is 6.92 Å². The van der Waals surface area contributed by atoms with Crippen molar-refractivity contribution in [2.24, 2.45) is 0 Å². The average Bonchev–Trinajstić information content (AvgIpc) is 2.62. The van der Waals surface area contributed by atoms with Crippen molar-refractivity contribution >= 4 is 28.1 Å². The van der Waals surface area contributed by atoms with E-state index < -0.39 is 5.97 Å². The highest BCUT2D eigenvalue weighted by Gasteiger charge is 2.13. The molecule has 0 unspecified atom stereocenters. The minimum Gasteiger partial charge on any atom is -0.478 e. The monoisotopic (exact) mass is 333 g/mol. The van der Waals surface area contributed by atoms with E-state index >= 15 is 0 Å². The number of hydrogen-bond donors (Lipinski definition) is 2. The van der Waals surface area contributed by atoms with Gasteiger partial charge in [0.1, 0.15) is 0 Å². The van der Waals surface area contributed by atoms with Gasteiger partial charge < -0.3 is 10.4 Å². The first-order chi connectivity index (χ1) is 12.1. The van der Waals surface area contributed by atoms with E-state index in [-0.39, 0.29) is 5.56 Å². The van der Waals surface area contributed by atoms with E-state index in [1.165, 1.54) is 29.4 Å². The number of carboxylic acid groups (broad SMARTS) is 1. The summed E-state index contributed by atoms with van der Waals surface area (Å²) in [6.45, 7) is 4.34. The maximum Gasteiger partial charge on any atom is 0.337 e. The fourth-order valence-corrected chi connectivity index (χ4v) is 3.29. The highest BCUT2D eigenvalue weighted by atomic mass is 16.4. The summed E-state index contributed by atoms with van der Waals surface area (Å²) in [5.41, 5.74) is 4.46. The number of anilines is 2. The fraction of sp³-hybridized carbons (Fsp3) is 0.227. The van der Waals surface area contributed by atoms with E-state index in [4.69, 9.17) is 0 Å². The number of carboxylic acids is 1. The molecular weight excluding hydrogens is 310 g/mol. The number of carbonyl (C=O) groups is 1. The molecule has 0 radical (unpaired) electrons. The number of hydrogen-bond acceptors (Lipinski definition) is 2. The SMILES string of the molecule is CCCCc1c(C)cc(Nc2ccccc2C(=O)O)c2ccccc12. The lowest BCUT2D eigenvalue weighted by Gasteiger charge is -2.17. The Balaban J connectivity index is 2.11. The third-order valence-electron chi connectivity index (χ3n) is 4.59. The lowest BCUT2D eigenvalue weighted by molar-refractivity contribution is 0.0698. The van der Waals surface area contributed by atoms with Crippen molar-refractivity contribution in [3.8, 4) is 0 Å². The first-order valence-corrected chi connectivity index (χ1v) is 8.72. The summed E-state index contributed by atoms with van der Waals surface area (Å²) in [6.07, 6.45) is 3.40. The summed E-state index contributed by atoms with van der Waals surface area (Å²) >= 11 is 0. The molecule has 0 spiro atoms. The van der Waals surface area contributed by atoms with Crippen LogP contribution in [0.2, 0.25) is 0 Å². The molecular formula is C22H23NO2. The molecule has 0 bridgehead atoms. The van der Waals surface area contributed by atoms with Crippen LogP contribution in [-0.2, 0) is 6.42 Å². The van der Waals surface area contributed by atoms with Gasteiger partial charge in [0.2, 0.25) is 0 Å². The largest absolute Gasteiger partial charge is 0.478 e. The predicted molar refractivity (Wildman–Crippen MR) is 104 cm³/mol. The maximum atomic E-state index is 11.5. The van der Waals surface area contributed by atoms with E-state index in [1.54, 1.807) is 18.2 Å². The Morgan fingerprint density at radius 2 is 1.68 bits per heavy atom. The Labute approximate surface area is 148 Å². The molecule has 0 aliphatic carbocycles. The fourth-order valence-electron chi connectivity index (χ4n) is 3.29. The zero-order valence-corrected chi connectivity index (χ0v) is 14.7. The smallest absolute Gasteiger partial charge is 0.337 e. The van der Waals surface area contributed by atoms with Crippen molar-refractivity contribution in [3.63, 3.8) is 0 Å². The van der Waals surface area contributed by atoms with Crippen LogP contribution < -0.4 is 5.32 Å². The molecule has 128 valence electrons. The summed E-state index contributed by atoms with van der Waals surface area (Å²) in [6, 6.07) is 17.5. The number of nitrogens with one attached hydrogen (secondary N) is 1. The van der Waals surface area contributed by atoms with Gasteiger partial charge in [0, 0.05) is 11.1 Å².